The van der Waals surface area contributed by atoms with Gasteiger partial charge in [0, 0.05) is 11.9 Å². The molecule has 8 nitrogen and oxygen atoms in total. The van der Waals surface area contributed by atoms with Gasteiger partial charge >= 0.3 is 6.18 Å². The fourth-order valence-corrected chi connectivity index (χ4v) is 3.27. The highest BCUT2D eigenvalue weighted by Gasteiger charge is 2.38. The Balaban J connectivity index is 1.86. The lowest BCUT2D eigenvalue weighted by Gasteiger charge is -2.19. The first kappa shape index (κ1) is 20.3. The number of nitrogens with one attached hydrogen (secondary N) is 1. The van der Waals surface area contributed by atoms with Crippen molar-refractivity contribution in [1.29, 1.82) is 0 Å². The summed E-state index contributed by atoms with van der Waals surface area (Å²) in [6.45, 7) is 0. The van der Waals surface area contributed by atoms with Crippen molar-refractivity contribution in [1.82, 2.24) is 9.97 Å². The Bertz CT molecular complexity index is 951. The van der Waals surface area contributed by atoms with Gasteiger partial charge in [0.1, 0.15) is 11.7 Å². The van der Waals surface area contributed by atoms with Crippen LogP contribution in [0.15, 0.2) is 35.4 Å². The van der Waals surface area contributed by atoms with Crippen molar-refractivity contribution in [2.45, 2.75) is 42.5 Å². The van der Waals surface area contributed by atoms with Gasteiger partial charge in [-0.2, -0.15) is 18.2 Å². The van der Waals surface area contributed by atoms with E-state index in [9.17, 15) is 26.7 Å². The average molecular weight is 418 g/mol. The summed E-state index contributed by atoms with van der Waals surface area (Å²) >= 11 is 0. The van der Waals surface area contributed by atoms with Crippen molar-refractivity contribution in [2.75, 3.05) is 5.32 Å². The number of ether oxygens (including phenoxy) is 1. The molecule has 0 radical (unpaired) electrons. The second-order valence-corrected chi connectivity index (χ2v) is 7.82. The number of aliphatic hydroxyl groups is 1. The van der Waals surface area contributed by atoms with Crippen LogP contribution in [0.1, 0.15) is 24.8 Å². The van der Waals surface area contributed by atoms with E-state index in [2.05, 4.69) is 15.3 Å². The van der Waals surface area contributed by atoms with Gasteiger partial charge in [0.05, 0.1) is 11.0 Å². The SMILES string of the molecule is NS(=O)(=O)c1ccc(Nc2ncc(C(F)(F)F)c(OC3CCCC3O)n2)cc1. The molecule has 1 aromatic heterocycles. The molecule has 0 bridgehead atoms. The van der Waals surface area contributed by atoms with Gasteiger partial charge in [-0.05, 0) is 43.5 Å². The smallest absolute Gasteiger partial charge is 0.423 e. The van der Waals surface area contributed by atoms with E-state index in [1.54, 1.807) is 0 Å². The largest absolute Gasteiger partial charge is 0.471 e. The monoisotopic (exact) mass is 418 g/mol. The van der Waals surface area contributed by atoms with Gasteiger partial charge in [0.15, 0.2) is 0 Å². The second kappa shape index (κ2) is 7.53. The first-order valence-electron chi connectivity index (χ1n) is 8.23. The van der Waals surface area contributed by atoms with Gasteiger partial charge in [0.25, 0.3) is 0 Å². The fourth-order valence-electron chi connectivity index (χ4n) is 2.76. The zero-order chi connectivity index (χ0) is 20.5. The molecule has 2 aromatic rings. The number of aromatic nitrogens is 2. The van der Waals surface area contributed by atoms with Crippen LogP contribution >= 0.6 is 0 Å². The molecule has 4 N–H and O–H groups in total. The summed E-state index contributed by atoms with van der Waals surface area (Å²) in [5.74, 6) is -0.865. The highest BCUT2D eigenvalue weighted by molar-refractivity contribution is 7.89. The zero-order valence-corrected chi connectivity index (χ0v) is 15.2. The number of nitrogens with zero attached hydrogens (tertiary/aromatic N) is 2. The van der Waals surface area contributed by atoms with Crippen LogP contribution in [0, 0.1) is 0 Å². The number of sulfonamides is 1. The molecule has 152 valence electrons. The van der Waals surface area contributed by atoms with Crippen molar-refractivity contribution < 1.29 is 31.4 Å². The number of benzene rings is 1. The molecular formula is C16H17F3N4O4S. The van der Waals surface area contributed by atoms with Crippen LogP contribution in [-0.4, -0.2) is 35.7 Å². The highest BCUT2D eigenvalue weighted by Crippen LogP contribution is 2.37. The Hall–Kier alpha value is -2.44. The fraction of sp³-hybridized carbons (Fsp3) is 0.375. The van der Waals surface area contributed by atoms with Crippen LogP contribution in [0.4, 0.5) is 24.8 Å². The third-order valence-electron chi connectivity index (χ3n) is 4.18. The van der Waals surface area contributed by atoms with Crippen molar-refractivity contribution in [3.05, 3.63) is 36.0 Å². The topological polar surface area (TPSA) is 127 Å². The number of hydrogen-bond acceptors (Lipinski definition) is 7. The zero-order valence-electron chi connectivity index (χ0n) is 14.3. The number of aliphatic hydroxyl groups excluding tert-OH is 1. The number of halogens is 3. The van der Waals surface area contributed by atoms with E-state index in [0.29, 0.717) is 31.1 Å². The molecule has 12 heteroatoms. The van der Waals surface area contributed by atoms with Gasteiger partial charge in [-0.25, -0.2) is 18.5 Å². The Morgan fingerprint density at radius 2 is 1.89 bits per heavy atom. The molecule has 2 atom stereocenters. The van der Waals surface area contributed by atoms with Crippen LogP contribution in [0.3, 0.4) is 0 Å². The quantitative estimate of drug-likeness (QED) is 0.679. The van der Waals surface area contributed by atoms with Crippen LogP contribution in [0.5, 0.6) is 5.88 Å². The molecule has 1 aliphatic carbocycles. The summed E-state index contributed by atoms with van der Waals surface area (Å²) in [6.07, 6.45) is -4.28. The van der Waals surface area contributed by atoms with E-state index in [4.69, 9.17) is 9.88 Å². The first-order chi connectivity index (χ1) is 13.0. The van der Waals surface area contributed by atoms with E-state index in [-0.39, 0.29) is 10.8 Å². The molecule has 0 saturated heterocycles. The molecule has 0 aliphatic heterocycles. The maximum atomic E-state index is 13.2. The van der Waals surface area contributed by atoms with E-state index < -0.39 is 39.9 Å². The minimum Gasteiger partial charge on any atom is -0.471 e. The van der Waals surface area contributed by atoms with E-state index in [1.165, 1.54) is 24.3 Å². The number of rotatable bonds is 5. The minimum atomic E-state index is -4.73. The molecule has 1 aliphatic rings. The molecule has 3 rings (SSSR count). The summed E-state index contributed by atoms with van der Waals surface area (Å²) < 4.78 is 67.5. The van der Waals surface area contributed by atoms with E-state index in [0.717, 1.165) is 0 Å². The Morgan fingerprint density at radius 1 is 1.21 bits per heavy atom. The predicted octanol–water partition coefficient (Wildman–Crippen LogP) is 2.18. The van der Waals surface area contributed by atoms with Gasteiger partial charge in [-0.15, -0.1) is 0 Å². The number of hydrogen-bond donors (Lipinski definition) is 3. The van der Waals surface area contributed by atoms with Crippen molar-refractivity contribution >= 4 is 21.7 Å². The highest BCUT2D eigenvalue weighted by atomic mass is 32.2. The van der Waals surface area contributed by atoms with Crippen LogP contribution in [0.2, 0.25) is 0 Å². The standard InChI is InChI=1S/C16H17F3N4O4S/c17-16(18,19)11-8-21-15(23-14(11)27-13-3-1-2-12(13)24)22-9-4-6-10(7-5-9)28(20,25)26/h4-8,12-13,24H,1-3H2,(H2,20,25,26)(H,21,22,23). The molecule has 0 amide bonds. The summed E-state index contributed by atoms with van der Waals surface area (Å²) in [6, 6.07) is 5.19. The summed E-state index contributed by atoms with van der Waals surface area (Å²) in [7, 11) is -3.87. The first-order valence-corrected chi connectivity index (χ1v) is 9.77. The minimum absolute atomic E-state index is 0.120. The number of alkyl halides is 3. The molecule has 1 saturated carbocycles. The third kappa shape index (κ3) is 4.69. The van der Waals surface area contributed by atoms with Gasteiger partial charge in [-0.3, -0.25) is 0 Å². The second-order valence-electron chi connectivity index (χ2n) is 6.26. The van der Waals surface area contributed by atoms with Gasteiger partial charge < -0.3 is 15.2 Å². The van der Waals surface area contributed by atoms with Crippen molar-refractivity contribution in [3.63, 3.8) is 0 Å². The average Bonchev–Trinajstić information content (AvgIpc) is 2.98. The predicted molar refractivity (Wildman–Crippen MR) is 92.4 cm³/mol. The Kier molecular flexibility index (Phi) is 5.46. The van der Waals surface area contributed by atoms with Gasteiger partial charge in [0.2, 0.25) is 21.9 Å². The molecular weight excluding hydrogens is 401 g/mol. The van der Waals surface area contributed by atoms with Gasteiger partial charge in [-0.1, -0.05) is 0 Å². The van der Waals surface area contributed by atoms with Crippen molar-refractivity contribution in [3.8, 4) is 5.88 Å². The molecule has 1 aromatic carbocycles. The maximum absolute atomic E-state index is 13.2. The van der Waals surface area contributed by atoms with Crippen molar-refractivity contribution in [2.24, 2.45) is 5.14 Å². The summed E-state index contributed by atoms with van der Waals surface area (Å²) in [5.41, 5.74) is -0.819. The third-order valence-corrected chi connectivity index (χ3v) is 5.11. The van der Waals surface area contributed by atoms with Crippen LogP contribution in [-0.2, 0) is 16.2 Å². The molecule has 0 spiro atoms. The van der Waals surface area contributed by atoms with E-state index in [1.807, 2.05) is 0 Å². The molecule has 1 fully saturated rings. The summed E-state index contributed by atoms with van der Waals surface area (Å²) in [5, 5.41) is 17.5. The lowest BCUT2D eigenvalue weighted by atomic mass is 10.2. The molecule has 1 heterocycles. The Labute approximate surface area is 158 Å². The number of primary sulfonamides is 1. The van der Waals surface area contributed by atoms with Crippen LogP contribution < -0.4 is 15.2 Å². The molecule has 28 heavy (non-hydrogen) atoms. The summed E-state index contributed by atoms with van der Waals surface area (Å²) in [4.78, 5) is 7.30. The number of nitrogens with two attached hydrogens (primary N) is 1. The molecule has 2 unspecified atom stereocenters. The lowest BCUT2D eigenvalue weighted by Crippen LogP contribution is -2.27. The normalized spacial score (nSPS) is 20.2. The lowest BCUT2D eigenvalue weighted by molar-refractivity contribution is -0.140. The number of anilines is 2. The van der Waals surface area contributed by atoms with Crippen LogP contribution in [0.25, 0.3) is 0 Å². The van der Waals surface area contributed by atoms with E-state index >= 15 is 0 Å². The Morgan fingerprint density at radius 3 is 2.43 bits per heavy atom. The maximum Gasteiger partial charge on any atom is 0.423 e.